The molecule has 3 rings (SSSR count). The summed E-state index contributed by atoms with van der Waals surface area (Å²) in [5.74, 6) is 0.628. The summed E-state index contributed by atoms with van der Waals surface area (Å²) in [5, 5.41) is 0. The van der Waals surface area contributed by atoms with Gasteiger partial charge < -0.3 is 24.2 Å². The highest BCUT2D eigenvalue weighted by atomic mass is 16.5. The lowest BCUT2D eigenvalue weighted by atomic mass is 10.2. The van der Waals surface area contributed by atoms with Gasteiger partial charge in [-0.15, -0.1) is 0 Å². The molecule has 1 aromatic heterocycles. The van der Waals surface area contributed by atoms with E-state index in [4.69, 9.17) is 9.47 Å². The van der Waals surface area contributed by atoms with E-state index in [1.165, 1.54) is 6.20 Å². The van der Waals surface area contributed by atoms with Crippen molar-refractivity contribution in [1.82, 2.24) is 19.8 Å². The van der Waals surface area contributed by atoms with Crippen molar-refractivity contribution < 1.29 is 19.1 Å². The Kier molecular flexibility index (Phi) is 8.38. The van der Waals surface area contributed by atoms with Crippen LogP contribution in [0.4, 0.5) is 5.69 Å². The SMILES string of the molecule is COCCN(CCC(=O)N1CCN(c2ccc(OC)cc2)CC1)C(=O)c1cnc(C)cn1. The number of aromatic nitrogens is 2. The first-order valence-corrected chi connectivity index (χ1v) is 10.8. The van der Waals surface area contributed by atoms with Gasteiger partial charge in [-0.1, -0.05) is 0 Å². The fourth-order valence-electron chi connectivity index (χ4n) is 3.58. The number of carbonyl (C=O) groups is 2. The predicted octanol–water partition coefficient (Wildman–Crippen LogP) is 1.62. The lowest BCUT2D eigenvalue weighted by Crippen LogP contribution is -2.49. The summed E-state index contributed by atoms with van der Waals surface area (Å²) in [5.41, 5.74) is 2.13. The standard InChI is InChI=1S/C23H31N5O4/c1-18-16-25-21(17-24-18)23(30)28(14-15-31-2)9-8-22(29)27-12-10-26(11-13-27)19-4-6-20(32-3)7-5-19/h4-7,16-17H,8-15H2,1-3H3. The smallest absolute Gasteiger partial charge is 0.274 e. The number of amides is 2. The molecule has 0 spiro atoms. The van der Waals surface area contributed by atoms with Crippen LogP contribution in [0, 0.1) is 6.92 Å². The van der Waals surface area contributed by atoms with Crippen molar-refractivity contribution in [2.24, 2.45) is 0 Å². The summed E-state index contributed by atoms with van der Waals surface area (Å²) in [4.78, 5) is 39.7. The zero-order valence-corrected chi connectivity index (χ0v) is 19.0. The topological polar surface area (TPSA) is 88.1 Å². The molecule has 0 aliphatic carbocycles. The van der Waals surface area contributed by atoms with E-state index in [9.17, 15) is 9.59 Å². The van der Waals surface area contributed by atoms with Crippen molar-refractivity contribution >= 4 is 17.5 Å². The summed E-state index contributed by atoms with van der Waals surface area (Å²) in [6.07, 6.45) is 3.30. The first kappa shape index (κ1) is 23.5. The van der Waals surface area contributed by atoms with Gasteiger partial charge in [0.05, 0.1) is 25.6 Å². The Balaban J connectivity index is 1.52. The van der Waals surface area contributed by atoms with Gasteiger partial charge in [-0.3, -0.25) is 14.6 Å². The van der Waals surface area contributed by atoms with Gasteiger partial charge in [-0.25, -0.2) is 4.98 Å². The number of methoxy groups -OCH3 is 2. The third kappa shape index (κ3) is 6.16. The van der Waals surface area contributed by atoms with Gasteiger partial charge in [-0.2, -0.15) is 0 Å². The predicted molar refractivity (Wildman–Crippen MR) is 121 cm³/mol. The second kappa shape index (κ2) is 11.4. The van der Waals surface area contributed by atoms with Crippen molar-refractivity contribution in [1.29, 1.82) is 0 Å². The number of benzene rings is 1. The number of anilines is 1. The molecule has 1 aliphatic rings. The van der Waals surface area contributed by atoms with E-state index in [1.54, 1.807) is 25.3 Å². The van der Waals surface area contributed by atoms with E-state index in [-0.39, 0.29) is 23.9 Å². The summed E-state index contributed by atoms with van der Waals surface area (Å²) in [7, 11) is 3.24. The molecule has 9 nitrogen and oxygen atoms in total. The average molecular weight is 442 g/mol. The van der Waals surface area contributed by atoms with Crippen LogP contribution in [-0.2, 0) is 9.53 Å². The fourth-order valence-corrected chi connectivity index (χ4v) is 3.58. The normalized spacial score (nSPS) is 13.7. The highest BCUT2D eigenvalue weighted by Gasteiger charge is 2.23. The molecule has 1 aliphatic heterocycles. The molecule has 32 heavy (non-hydrogen) atoms. The van der Waals surface area contributed by atoms with Crippen molar-refractivity contribution in [3.63, 3.8) is 0 Å². The average Bonchev–Trinajstić information content (AvgIpc) is 2.84. The number of ether oxygens (including phenoxy) is 2. The van der Waals surface area contributed by atoms with Crippen LogP contribution in [0.3, 0.4) is 0 Å². The number of carbonyl (C=O) groups excluding carboxylic acids is 2. The van der Waals surface area contributed by atoms with E-state index in [1.807, 2.05) is 36.1 Å². The highest BCUT2D eigenvalue weighted by molar-refractivity contribution is 5.92. The van der Waals surface area contributed by atoms with Crippen LogP contribution in [0.5, 0.6) is 5.75 Å². The quantitative estimate of drug-likeness (QED) is 0.584. The molecule has 1 fully saturated rings. The van der Waals surface area contributed by atoms with Crippen LogP contribution in [0.1, 0.15) is 22.6 Å². The monoisotopic (exact) mass is 441 g/mol. The first-order chi connectivity index (χ1) is 15.5. The van der Waals surface area contributed by atoms with Gasteiger partial charge in [0.2, 0.25) is 5.91 Å². The van der Waals surface area contributed by atoms with Gasteiger partial charge in [0.15, 0.2) is 0 Å². The third-order valence-corrected chi connectivity index (χ3v) is 5.52. The molecule has 2 heterocycles. The molecule has 0 N–H and O–H groups in total. The van der Waals surface area contributed by atoms with Gasteiger partial charge in [0, 0.05) is 64.7 Å². The Hall–Kier alpha value is -3.20. The molecular formula is C23H31N5O4. The Labute approximate surface area is 188 Å². The third-order valence-electron chi connectivity index (χ3n) is 5.52. The summed E-state index contributed by atoms with van der Waals surface area (Å²) >= 11 is 0. The molecule has 0 atom stereocenters. The molecule has 172 valence electrons. The molecule has 0 saturated carbocycles. The van der Waals surface area contributed by atoms with E-state index in [0.717, 1.165) is 30.2 Å². The zero-order chi connectivity index (χ0) is 22.9. The van der Waals surface area contributed by atoms with Crippen LogP contribution in [-0.4, -0.2) is 91.7 Å². The fraction of sp³-hybridized carbons (Fsp3) is 0.478. The van der Waals surface area contributed by atoms with Gasteiger partial charge in [0.25, 0.3) is 5.91 Å². The Bertz CT molecular complexity index is 880. The minimum Gasteiger partial charge on any atom is -0.497 e. The first-order valence-electron chi connectivity index (χ1n) is 10.8. The minimum absolute atomic E-state index is 0.0459. The Morgan fingerprint density at radius 2 is 1.72 bits per heavy atom. The molecule has 0 bridgehead atoms. The minimum atomic E-state index is -0.244. The Morgan fingerprint density at radius 1 is 1.00 bits per heavy atom. The van der Waals surface area contributed by atoms with Gasteiger partial charge in [0.1, 0.15) is 11.4 Å². The molecule has 0 unspecified atom stereocenters. The second-order valence-electron chi connectivity index (χ2n) is 7.64. The summed E-state index contributed by atoms with van der Waals surface area (Å²) < 4.78 is 10.3. The number of hydrogen-bond acceptors (Lipinski definition) is 7. The Morgan fingerprint density at radius 3 is 2.31 bits per heavy atom. The summed E-state index contributed by atoms with van der Waals surface area (Å²) in [6.45, 7) is 5.75. The van der Waals surface area contributed by atoms with E-state index in [2.05, 4.69) is 14.9 Å². The van der Waals surface area contributed by atoms with Crippen molar-refractivity contribution in [3.05, 3.63) is 48.0 Å². The number of aryl methyl sites for hydroxylation is 1. The molecule has 2 aromatic rings. The van der Waals surface area contributed by atoms with Crippen LogP contribution in [0.2, 0.25) is 0 Å². The second-order valence-corrected chi connectivity index (χ2v) is 7.64. The maximum absolute atomic E-state index is 12.8. The van der Waals surface area contributed by atoms with Crippen molar-refractivity contribution in [2.45, 2.75) is 13.3 Å². The largest absolute Gasteiger partial charge is 0.497 e. The molecule has 9 heteroatoms. The van der Waals surface area contributed by atoms with E-state index < -0.39 is 0 Å². The van der Waals surface area contributed by atoms with Crippen LogP contribution < -0.4 is 9.64 Å². The van der Waals surface area contributed by atoms with E-state index in [0.29, 0.717) is 32.8 Å². The molecule has 0 radical (unpaired) electrons. The molecule has 2 amide bonds. The molecule has 1 saturated heterocycles. The molecular weight excluding hydrogens is 410 g/mol. The highest BCUT2D eigenvalue weighted by Crippen LogP contribution is 2.20. The number of hydrogen-bond donors (Lipinski definition) is 0. The van der Waals surface area contributed by atoms with Crippen molar-refractivity contribution in [2.75, 3.05) is 65.0 Å². The zero-order valence-electron chi connectivity index (χ0n) is 19.0. The maximum atomic E-state index is 12.8. The van der Waals surface area contributed by atoms with Crippen molar-refractivity contribution in [3.8, 4) is 5.75 Å². The maximum Gasteiger partial charge on any atom is 0.274 e. The van der Waals surface area contributed by atoms with Crippen LogP contribution in [0.15, 0.2) is 36.7 Å². The van der Waals surface area contributed by atoms with E-state index >= 15 is 0 Å². The lowest BCUT2D eigenvalue weighted by Gasteiger charge is -2.36. The van der Waals surface area contributed by atoms with Gasteiger partial charge >= 0.3 is 0 Å². The lowest BCUT2D eigenvalue weighted by molar-refractivity contribution is -0.131. The van der Waals surface area contributed by atoms with Gasteiger partial charge in [-0.05, 0) is 31.2 Å². The number of piperazine rings is 1. The van der Waals surface area contributed by atoms with Crippen LogP contribution >= 0.6 is 0 Å². The summed E-state index contributed by atoms with van der Waals surface area (Å²) in [6, 6.07) is 7.95. The van der Waals surface area contributed by atoms with Crippen LogP contribution in [0.25, 0.3) is 0 Å². The number of rotatable bonds is 9. The number of nitrogens with zero attached hydrogens (tertiary/aromatic N) is 5. The molecule has 1 aromatic carbocycles.